The van der Waals surface area contributed by atoms with Gasteiger partial charge in [-0.15, -0.1) is 0 Å². The van der Waals surface area contributed by atoms with Crippen LogP contribution in [0.4, 0.5) is 0 Å². The van der Waals surface area contributed by atoms with Gasteiger partial charge >= 0.3 is 0 Å². The summed E-state index contributed by atoms with van der Waals surface area (Å²) in [5, 5.41) is 0. The second-order valence-electron chi connectivity index (χ2n) is 2.73. The van der Waals surface area contributed by atoms with E-state index in [9.17, 15) is 0 Å². The standard InChI is InChI=1S/C10H13O2/c1-8(2)12-10-7-5-4-6-9(10)11-3/h4-5,7-8H,1-3H3. The summed E-state index contributed by atoms with van der Waals surface area (Å²) in [5.41, 5.74) is 0. The summed E-state index contributed by atoms with van der Waals surface area (Å²) in [6, 6.07) is 8.49. The van der Waals surface area contributed by atoms with Crippen molar-refractivity contribution in [2.75, 3.05) is 7.11 Å². The molecule has 1 aromatic carbocycles. The van der Waals surface area contributed by atoms with Gasteiger partial charge in [-0.25, -0.2) is 0 Å². The molecule has 1 aromatic rings. The Morgan fingerprint density at radius 2 is 2.17 bits per heavy atom. The quantitative estimate of drug-likeness (QED) is 0.684. The fraction of sp³-hybridized carbons (Fsp3) is 0.400. The van der Waals surface area contributed by atoms with E-state index in [1.165, 1.54) is 0 Å². The summed E-state index contributed by atoms with van der Waals surface area (Å²) in [6.45, 7) is 3.96. The molecular weight excluding hydrogens is 152 g/mol. The van der Waals surface area contributed by atoms with Crippen LogP contribution >= 0.6 is 0 Å². The Morgan fingerprint density at radius 3 is 2.75 bits per heavy atom. The Hall–Kier alpha value is -1.18. The molecule has 65 valence electrons. The van der Waals surface area contributed by atoms with E-state index in [1.807, 2.05) is 26.0 Å². The van der Waals surface area contributed by atoms with Crippen molar-refractivity contribution in [2.45, 2.75) is 20.0 Å². The van der Waals surface area contributed by atoms with Gasteiger partial charge in [0.05, 0.1) is 13.2 Å². The molecule has 0 N–H and O–H groups in total. The number of rotatable bonds is 3. The number of hydrogen-bond acceptors (Lipinski definition) is 2. The molecule has 0 aliphatic rings. The van der Waals surface area contributed by atoms with Crippen LogP contribution in [0.25, 0.3) is 0 Å². The van der Waals surface area contributed by atoms with Crippen molar-refractivity contribution in [3.63, 3.8) is 0 Å². The van der Waals surface area contributed by atoms with E-state index < -0.39 is 0 Å². The van der Waals surface area contributed by atoms with E-state index in [-0.39, 0.29) is 6.10 Å². The Bertz CT molecular complexity index is 243. The first-order valence-electron chi connectivity index (χ1n) is 3.95. The molecule has 12 heavy (non-hydrogen) atoms. The molecule has 0 unspecified atom stereocenters. The topological polar surface area (TPSA) is 18.5 Å². The molecule has 1 rings (SSSR count). The lowest BCUT2D eigenvalue weighted by atomic mass is 10.3. The van der Waals surface area contributed by atoms with Crippen LogP contribution in [0.3, 0.4) is 0 Å². The van der Waals surface area contributed by atoms with Gasteiger partial charge in [-0.3, -0.25) is 0 Å². The van der Waals surface area contributed by atoms with E-state index in [4.69, 9.17) is 9.47 Å². The Labute approximate surface area is 73.1 Å². The maximum atomic E-state index is 5.48. The van der Waals surface area contributed by atoms with Crippen molar-refractivity contribution in [3.8, 4) is 11.5 Å². The summed E-state index contributed by atoms with van der Waals surface area (Å²) in [5.74, 6) is 1.40. The van der Waals surface area contributed by atoms with Gasteiger partial charge in [0.2, 0.25) is 0 Å². The van der Waals surface area contributed by atoms with Gasteiger partial charge in [0.15, 0.2) is 11.5 Å². The second-order valence-corrected chi connectivity index (χ2v) is 2.73. The monoisotopic (exact) mass is 165 g/mol. The fourth-order valence-electron chi connectivity index (χ4n) is 0.912. The van der Waals surface area contributed by atoms with Crippen molar-refractivity contribution in [1.29, 1.82) is 0 Å². The molecule has 0 heterocycles. The van der Waals surface area contributed by atoms with Gasteiger partial charge in [-0.1, -0.05) is 12.1 Å². The lowest BCUT2D eigenvalue weighted by Crippen LogP contribution is -2.06. The largest absolute Gasteiger partial charge is 0.492 e. The molecular formula is C10H13O2. The van der Waals surface area contributed by atoms with Crippen LogP contribution in [0.2, 0.25) is 0 Å². The average molecular weight is 165 g/mol. The third kappa shape index (κ3) is 2.16. The minimum absolute atomic E-state index is 0.162. The number of hydrogen-bond donors (Lipinski definition) is 0. The highest BCUT2D eigenvalue weighted by molar-refractivity contribution is 5.38. The summed E-state index contributed by atoms with van der Waals surface area (Å²) in [6.07, 6.45) is 0.162. The van der Waals surface area contributed by atoms with Gasteiger partial charge in [0, 0.05) is 6.07 Å². The molecule has 2 heteroatoms. The van der Waals surface area contributed by atoms with Gasteiger partial charge in [-0.2, -0.15) is 0 Å². The number of methoxy groups -OCH3 is 1. The normalized spacial score (nSPS) is 10.0. The molecule has 0 aliphatic carbocycles. The highest BCUT2D eigenvalue weighted by Crippen LogP contribution is 2.25. The maximum absolute atomic E-state index is 5.48. The molecule has 1 radical (unpaired) electrons. The second kappa shape index (κ2) is 4.00. The van der Waals surface area contributed by atoms with Gasteiger partial charge in [0.25, 0.3) is 0 Å². The number of ether oxygens (including phenoxy) is 2. The van der Waals surface area contributed by atoms with E-state index >= 15 is 0 Å². The summed E-state index contributed by atoms with van der Waals surface area (Å²) < 4.78 is 10.5. The van der Waals surface area contributed by atoms with Crippen LogP contribution in [-0.4, -0.2) is 13.2 Å². The maximum Gasteiger partial charge on any atom is 0.168 e. The van der Waals surface area contributed by atoms with Crippen LogP contribution in [0.15, 0.2) is 18.2 Å². The molecule has 0 bridgehead atoms. The lowest BCUT2D eigenvalue weighted by Gasteiger charge is -2.12. The van der Waals surface area contributed by atoms with Crippen molar-refractivity contribution in [2.24, 2.45) is 0 Å². The smallest absolute Gasteiger partial charge is 0.168 e. The van der Waals surface area contributed by atoms with Gasteiger partial charge in [0.1, 0.15) is 0 Å². The van der Waals surface area contributed by atoms with Gasteiger partial charge < -0.3 is 9.47 Å². The first kappa shape index (κ1) is 8.91. The highest BCUT2D eigenvalue weighted by atomic mass is 16.5. The molecule has 0 amide bonds. The Morgan fingerprint density at radius 1 is 1.42 bits per heavy atom. The molecule has 0 aromatic heterocycles. The molecule has 2 nitrogen and oxygen atoms in total. The minimum atomic E-state index is 0.162. The van der Waals surface area contributed by atoms with Crippen LogP contribution in [0.5, 0.6) is 11.5 Å². The third-order valence-corrected chi connectivity index (χ3v) is 1.35. The van der Waals surface area contributed by atoms with Crippen LogP contribution in [0.1, 0.15) is 13.8 Å². The zero-order valence-electron chi connectivity index (χ0n) is 7.63. The van der Waals surface area contributed by atoms with E-state index in [0.29, 0.717) is 5.75 Å². The van der Waals surface area contributed by atoms with E-state index in [0.717, 1.165) is 5.75 Å². The predicted molar refractivity (Wildman–Crippen MR) is 47.6 cm³/mol. The SMILES string of the molecule is COc1[c]cccc1OC(C)C. The van der Waals surface area contributed by atoms with Crippen LogP contribution in [-0.2, 0) is 0 Å². The first-order valence-corrected chi connectivity index (χ1v) is 3.95. The molecule has 0 atom stereocenters. The molecule has 0 saturated carbocycles. The third-order valence-electron chi connectivity index (χ3n) is 1.35. The Kier molecular flexibility index (Phi) is 2.97. The highest BCUT2D eigenvalue weighted by Gasteiger charge is 2.03. The predicted octanol–water partition coefficient (Wildman–Crippen LogP) is 2.28. The summed E-state index contributed by atoms with van der Waals surface area (Å²) >= 11 is 0. The van der Waals surface area contributed by atoms with Crippen molar-refractivity contribution >= 4 is 0 Å². The van der Waals surface area contributed by atoms with Crippen LogP contribution in [0, 0.1) is 6.07 Å². The van der Waals surface area contributed by atoms with E-state index in [2.05, 4.69) is 6.07 Å². The molecule has 0 saturated heterocycles. The van der Waals surface area contributed by atoms with Crippen molar-refractivity contribution < 1.29 is 9.47 Å². The first-order chi connectivity index (χ1) is 5.74. The molecule has 0 spiro atoms. The summed E-state index contributed by atoms with van der Waals surface area (Å²) in [4.78, 5) is 0. The van der Waals surface area contributed by atoms with Crippen LogP contribution < -0.4 is 9.47 Å². The average Bonchev–Trinajstić information content (AvgIpc) is 2.04. The van der Waals surface area contributed by atoms with E-state index in [1.54, 1.807) is 13.2 Å². The van der Waals surface area contributed by atoms with Crippen molar-refractivity contribution in [3.05, 3.63) is 24.3 Å². The zero-order valence-corrected chi connectivity index (χ0v) is 7.63. The lowest BCUT2D eigenvalue weighted by molar-refractivity contribution is 0.230. The Balaban J connectivity index is 2.82. The van der Waals surface area contributed by atoms with Gasteiger partial charge in [-0.05, 0) is 19.9 Å². The zero-order chi connectivity index (χ0) is 8.97. The minimum Gasteiger partial charge on any atom is -0.492 e. The molecule has 0 fully saturated rings. The summed E-state index contributed by atoms with van der Waals surface area (Å²) in [7, 11) is 1.61. The van der Waals surface area contributed by atoms with Crippen molar-refractivity contribution in [1.82, 2.24) is 0 Å². The number of benzene rings is 1. The number of para-hydroxylation sites is 1. The molecule has 0 aliphatic heterocycles. The fourth-order valence-corrected chi connectivity index (χ4v) is 0.912.